The Bertz CT molecular complexity index is 2610. The van der Waals surface area contributed by atoms with E-state index in [2.05, 4.69) is 241 Å². The molecule has 290 valence electrons. The van der Waals surface area contributed by atoms with E-state index in [4.69, 9.17) is 11.6 Å². The largest absolute Gasteiger partial charge is 0.311 e. The number of rotatable bonds is 11. The minimum absolute atomic E-state index is 0.691. The smallest absolute Gasteiger partial charge is 0.0476 e. The molecule has 0 aromatic heterocycles. The van der Waals surface area contributed by atoms with E-state index in [1.807, 2.05) is 18.2 Å². The fourth-order valence-electron chi connectivity index (χ4n) is 7.71. The lowest BCUT2D eigenvalue weighted by molar-refractivity contribution is 1.27. The van der Waals surface area contributed by atoms with Gasteiger partial charge in [0.25, 0.3) is 0 Å². The zero-order chi connectivity index (χ0) is 40.8. The maximum Gasteiger partial charge on any atom is 0.0476 e. The summed E-state index contributed by atoms with van der Waals surface area (Å²) in [4.78, 5) is 6.84. The van der Waals surface area contributed by atoms with Crippen LogP contribution in [0.2, 0.25) is 5.02 Å². The third-order valence-electron chi connectivity index (χ3n) is 10.8. The Balaban J connectivity index is 0.981. The number of nitrogens with zero attached hydrogens (tertiary/aromatic N) is 3. The SMILES string of the molecule is Cc1ccc(N(c2ccccc2)c2ccc(-c3ccc(N(c4ccc(-c5ccc(N(c6ccccc6)c6ccc(C)cc6)cc5)cc4)c4cccc(Cl)c4)cc3)cc2)cc1. The van der Waals surface area contributed by atoms with Gasteiger partial charge >= 0.3 is 0 Å². The van der Waals surface area contributed by atoms with Gasteiger partial charge in [0.1, 0.15) is 0 Å². The molecule has 0 aliphatic carbocycles. The van der Waals surface area contributed by atoms with Crippen LogP contribution in [0.5, 0.6) is 0 Å². The van der Waals surface area contributed by atoms with Gasteiger partial charge in [-0.15, -0.1) is 0 Å². The van der Waals surface area contributed by atoms with Crippen molar-refractivity contribution < 1.29 is 0 Å². The number of aryl methyl sites for hydroxylation is 2. The van der Waals surface area contributed by atoms with Crippen molar-refractivity contribution in [3.8, 4) is 22.3 Å². The zero-order valence-electron chi connectivity index (χ0n) is 33.7. The molecule has 0 radical (unpaired) electrons. The van der Waals surface area contributed by atoms with Gasteiger partial charge in [0, 0.05) is 56.2 Å². The molecule has 9 aromatic carbocycles. The van der Waals surface area contributed by atoms with Crippen molar-refractivity contribution in [2.45, 2.75) is 13.8 Å². The van der Waals surface area contributed by atoms with E-state index in [0.29, 0.717) is 5.02 Å². The molecule has 4 heteroatoms. The highest BCUT2D eigenvalue weighted by Gasteiger charge is 2.16. The Morgan fingerprint density at radius 1 is 0.250 bits per heavy atom. The molecule has 0 fully saturated rings. The topological polar surface area (TPSA) is 9.72 Å². The van der Waals surface area contributed by atoms with Gasteiger partial charge in [-0.3, -0.25) is 0 Å². The zero-order valence-corrected chi connectivity index (χ0v) is 34.4. The average molecular weight is 794 g/mol. The summed E-state index contributed by atoms with van der Waals surface area (Å²) in [5, 5.41) is 0.691. The second kappa shape index (κ2) is 17.3. The van der Waals surface area contributed by atoms with Gasteiger partial charge in [0.15, 0.2) is 0 Å². The molecule has 0 heterocycles. The minimum Gasteiger partial charge on any atom is -0.311 e. The predicted molar refractivity (Wildman–Crippen MR) is 256 cm³/mol. The van der Waals surface area contributed by atoms with E-state index in [9.17, 15) is 0 Å². The quantitative estimate of drug-likeness (QED) is 0.129. The molecule has 9 rings (SSSR count). The first-order valence-corrected chi connectivity index (χ1v) is 20.7. The van der Waals surface area contributed by atoms with Crippen molar-refractivity contribution in [2.75, 3.05) is 14.7 Å². The Morgan fingerprint density at radius 2 is 0.500 bits per heavy atom. The van der Waals surface area contributed by atoms with E-state index in [0.717, 1.165) is 73.4 Å². The number of halogens is 1. The fraction of sp³-hybridized carbons (Fsp3) is 0.0357. The summed E-state index contributed by atoms with van der Waals surface area (Å²) in [5.74, 6) is 0. The van der Waals surface area contributed by atoms with Crippen molar-refractivity contribution in [2.24, 2.45) is 0 Å². The molecule has 0 aliphatic rings. The van der Waals surface area contributed by atoms with Gasteiger partial charge < -0.3 is 14.7 Å². The highest BCUT2D eigenvalue weighted by molar-refractivity contribution is 6.30. The summed E-state index contributed by atoms with van der Waals surface area (Å²) in [5.41, 5.74) is 16.8. The third kappa shape index (κ3) is 8.31. The first-order chi connectivity index (χ1) is 29.5. The number of benzene rings is 9. The molecule has 3 nitrogen and oxygen atoms in total. The van der Waals surface area contributed by atoms with Crippen LogP contribution in [0.4, 0.5) is 51.2 Å². The first kappa shape index (κ1) is 38.2. The van der Waals surface area contributed by atoms with Crippen LogP contribution in [0.3, 0.4) is 0 Å². The van der Waals surface area contributed by atoms with E-state index < -0.39 is 0 Å². The Morgan fingerprint density at radius 3 is 0.800 bits per heavy atom. The van der Waals surface area contributed by atoms with Gasteiger partial charge in [-0.05, 0) is 151 Å². The summed E-state index contributed by atoms with van der Waals surface area (Å²) in [6.45, 7) is 4.24. The van der Waals surface area contributed by atoms with Crippen molar-refractivity contribution in [3.63, 3.8) is 0 Å². The van der Waals surface area contributed by atoms with E-state index >= 15 is 0 Å². The van der Waals surface area contributed by atoms with Crippen LogP contribution in [0.15, 0.2) is 231 Å². The molecule has 0 saturated carbocycles. The highest BCUT2D eigenvalue weighted by atomic mass is 35.5. The maximum atomic E-state index is 6.58. The fourth-order valence-corrected chi connectivity index (χ4v) is 7.89. The lowest BCUT2D eigenvalue weighted by Crippen LogP contribution is -2.10. The molecule has 0 atom stereocenters. The van der Waals surface area contributed by atoms with Gasteiger partial charge in [0.2, 0.25) is 0 Å². The molecule has 60 heavy (non-hydrogen) atoms. The first-order valence-electron chi connectivity index (χ1n) is 20.3. The predicted octanol–water partition coefficient (Wildman–Crippen LogP) is 16.7. The highest BCUT2D eigenvalue weighted by Crippen LogP contribution is 2.40. The van der Waals surface area contributed by atoms with Crippen LogP contribution in [0.1, 0.15) is 11.1 Å². The van der Waals surface area contributed by atoms with Crippen molar-refractivity contribution in [3.05, 3.63) is 247 Å². The summed E-state index contributed by atoms with van der Waals surface area (Å²) < 4.78 is 0. The van der Waals surface area contributed by atoms with Crippen molar-refractivity contribution in [1.82, 2.24) is 0 Å². The Kier molecular flexibility index (Phi) is 11.0. The van der Waals surface area contributed by atoms with Crippen LogP contribution < -0.4 is 14.7 Å². The minimum atomic E-state index is 0.691. The van der Waals surface area contributed by atoms with Crippen molar-refractivity contribution >= 4 is 62.8 Å². The van der Waals surface area contributed by atoms with Gasteiger partial charge in [-0.2, -0.15) is 0 Å². The Hall–Kier alpha value is -7.33. The maximum absolute atomic E-state index is 6.58. The van der Waals surface area contributed by atoms with Crippen molar-refractivity contribution in [1.29, 1.82) is 0 Å². The summed E-state index contributed by atoms with van der Waals surface area (Å²) >= 11 is 6.58. The number of hydrogen-bond acceptors (Lipinski definition) is 3. The Labute approximate surface area is 358 Å². The molecule has 0 unspecified atom stereocenters. The average Bonchev–Trinajstić information content (AvgIpc) is 3.30. The number of hydrogen-bond donors (Lipinski definition) is 0. The van der Waals surface area contributed by atoms with Crippen LogP contribution in [-0.4, -0.2) is 0 Å². The lowest BCUT2D eigenvalue weighted by atomic mass is 10.0. The molecule has 0 aliphatic heterocycles. The molecule has 0 N–H and O–H groups in total. The van der Waals surface area contributed by atoms with Crippen LogP contribution in [0, 0.1) is 13.8 Å². The lowest BCUT2D eigenvalue weighted by Gasteiger charge is -2.26. The van der Waals surface area contributed by atoms with Gasteiger partial charge in [-0.25, -0.2) is 0 Å². The summed E-state index contributed by atoms with van der Waals surface area (Å²) in [6.07, 6.45) is 0. The number of para-hydroxylation sites is 2. The normalized spacial score (nSPS) is 10.9. The van der Waals surface area contributed by atoms with Gasteiger partial charge in [-0.1, -0.05) is 138 Å². The molecule has 0 amide bonds. The molecular formula is C56H44ClN3. The molecule has 0 spiro atoms. The summed E-state index contributed by atoms with van der Waals surface area (Å²) in [7, 11) is 0. The van der Waals surface area contributed by atoms with Crippen LogP contribution >= 0.6 is 11.6 Å². The standard InChI is InChI=1S/C56H44ClN3/c1-41-16-28-50(29-17-41)58(48-11-5-3-6-12-48)52-32-20-43(21-33-52)45-24-36-54(37-25-45)60(56-15-9-10-47(57)40-56)55-38-26-46(27-39-55)44-22-34-53(35-23-44)59(49-13-7-4-8-14-49)51-30-18-42(2)19-31-51/h3-40H,1-2H3. The molecule has 9 aromatic rings. The molecular weight excluding hydrogens is 750 g/mol. The summed E-state index contributed by atoms with van der Waals surface area (Å²) in [6, 6.07) is 81.6. The molecule has 0 saturated heterocycles. The molecule has 0 bridgehead atoms. The monoisotopic (exact) mass is 793 g/mol. The van der Waals surface area contributed by atoms with E-state index in [-0.39, 0.29) is 0 Å². The number of anilines is 9. The van der Waals surface area contributed by atoms with Crippen LogP contribution in [0.25, 0.3) is 22.3 Å². The second-order valence-electron chi connectivity index (χ2n) is 15.0. The third-order valence-corrected chi connectivity index (χ3v) is 11.1. The van der Waals surface area contributed by atoms with Gasteiger partial charge in [0.05, 0.1) is 0 Å². The van der Waals surface area contributed by atoms with Crippen LogP contribution in [-0.2, 0) is 0 Å². The second-order valence-corrected chi connectivity index (χ2v) is 15.5. The van der Waals surface area contributed by atoms with E-state index in [1.165, 1.54) is 11.1 Å². The van der Waals surface area contributed by atoms with E-state index in [1.54, 1.807) is 0 Å².